The van der Waals surface area contributed by atoms with E-state index < -0.39 is 16.4 Å². The van der Waals surface area contributed by atoms with Crippen molar-refractivity contribution in [3.05, 3.63) is 40.1 Å². The molecule has 0 aliphatic heterocycles. The standard InChI is InChI=1S/C19H24N2O5/c1-3-19(21(23)24,18(22)25-4-2)10-14-11-20-17-8-7-15(9-16(14)17)26-12-13-5-6-13/h7-9,11,13,20H,3-6,10,12H2,1-2H3. The summed E-state index contributed by atoms with van der Waals surface area (Å²) < 4.78 is 10.8. The number of carbonyl (C=O) groups is 1. The molecule has 1 aromatic carbocycles. The van der Waals surface area contributed by atoms with Gasteiger partial charge in [0.15, 0.2) is 0 Å². The molecule has 2 aromatic rings. The van der Waals surface area contributed by atoms with Gasteiger partial charge in [-0.1, -0.05) is 6.92 Å². The van der Waals surface area contributed by atoms with E-state index in [2.05, 4.69) is 4.98 Å². The van der Waals surface area contributed by atoms with Crippen LogP contribution in [-0.4, -0.2) is 34.6 Å². The van der Waals surface area contributed by atoms with Gasteiger partial charge in [0.25, 0.3) is 0 Å². The lowest BCUT2D eigenvalue weighted by atomic mass is 9.88. The van der Waals surface area contributed by atoms with Crippen LogP contribution in [0.3, 0.4) is 0 Å². The van der Waals surface area contributed by atoms with Crippen LogP contribution in [0.5, 0.6) is 5.75 Å². The van der Waals surface area contributed by atoms with Crippen LogP contribution in [0.25, 0.3) is 10.9 Å². The lowest BCUT2D eigenvalue weighted by Gasteiger charge is -2.21. The van der Waals surface area contributed by atoms with Crippen molar-refractivity contribution in [1.29, 1.82) is 0 Å². The fourth-order valence-electron chi connectivity index (χ4n) is 3.08. The minimum absolute atomic E-state index is 0.0264. The second kappa shape index (κ2) is 7.35. The average Bonchev–Trinajstić information content (AvgIpc) is 3.38. The van der Waals surface area contributed by atoms with Crippen molar-refractivity contribution in [1.82, 2.24) is 4.98 Å². The molecule has 26 heavy (non-hydrogen) atoms. The summed E-state index contributed by atoms with van der Waals surface area (Å²) in [4.78, 5) is 26.7. The molecular formula is C19H24N2O5. The van der Waals surface area contributed by atoms with Gasteiger partial charge < -0.3 is 14.5 Å². The molecule has 7 nitrogen and oxygen atoms in total. The third kappa shape index (κ3) is 3.52. The molecule has 1 fully saturated rings. The second-order valence-corrected chi connectivity index (χ2v) is 6.82. The molecule has 1 saturated carbocycles. The van der Waals surface area contributed by atoms with Crippen molar-refractivity contribution in [3.8, 4) is 5.75 Å². The Kier molecular flexibility index (Phi) is 5.15. The van der Waals surface area contributed by atoms with E-state index in [0.717, 1.165) is 16.7 Å². The third-order valence-corrected chi connectivity index (χ3v) is 4.99. The summed E-state index contributed by atoms with van der Waals surface area (Å²) in [6.07, 6.45) is 4.17. The van der Waals surface area contributed by atoms with Gasteiger partial charge in [-0.3, -0.25) is 10.1 Å². The maximum atomic E-state index is 12.4. The highest BCUT2D eigenvalue weighted by atomic mass is 16.6. The molecule has 0 radical (unpaired) electrons. The molecule has 3 rings (SSSR count). The van der Waals surface area contributed by atoms with Crippen molar-refractivity contribution in [2.75, 3.05) is 13.2 Å². The Balaban J connectivity index is 1.90. The van der Waals surface area contributed by atoms with Crippen LogP contribution in [-0.2, 0) is 16.0 Å². The topological polar surface area (TPSA) is 94.5 Å². The average molecular weight is 360 g/mol. The summed E-state index contributed by atoms with van der Waals surface area (Å²) in [5.74, 6) is 0.593. The van der Waals surface area contributed by atoms with Gasteiger partial charge >= 0.3 is 11.5 Å². The lowest BCUT2D eigenvalue weighted by molar-refractivity contribution is -0.555. The maximum Gasteiger partial charge on any atom is 0.385 e. The number of nitrogens with zero attached hydrogens (tertiary/aromatic N) is 1. The van der Waals surface area contributed by atoms with E-state index in [9.17, 15) is 14.9 Å². The summed E-state index contributed by atoms with van der Waals surface area (Å²) >= 11 is 0. The van der Waals surface area contributed by atoms with Crippen LogP contribution in [0, 0.1) is 16.0 Å². The van der Waals surface area contributed by atoms with Crippen molar-refractivity contribution >= 4 is 16.9 Å². The number of hydrogen-bond donors (Lipinski definition) is 1. The molecule has 1 aliphatic rings. The molecule has 0 amide bonds. The zero-order valence-corrected chi connectivity index (χ0v) is 15.1. The second-order valence-electron chi connectivity index (χ2n) is 6.82. The van der Waals surface area contributed by atoms with Crippen LogP contribution in [0.4, 0.5) is 0 Å². The van der Waals surface area contributed by atoms with Gasteiger partial charge in [-0.05, 0) is 49.4 Å². The smallest absolute Gasteiger partial charge is 0.385 e. The predicted octanol–water partition coefficient (Wildman–Crippen LogP) is 3.49. The highest BCUT2D eigenvalue weighted by Crippen LogP contribution is 2.32. The number of hydrogen-bond acceptors (Lipinski definition) is 5. The molecular weight excluding hydrogens is 336 g/mol. The first kappa shape index (κ1) is 18.2. The Morgan fingerprint density at radius 3 is 2.77 bits per heavy atom. The van der Waals surface area contributed by atoms with E-state index in [1.165, 1.54) is 12.8 Å². The molecule has 1 N–H and O–H groups in total. The van der Waals surface area contributed by atoms with Crippen LogP contribution >= 0.6 is 0 Å². The summed E-state index contributed by atoms with van der Waals surface area (Å²) in [5, 5.41) is 12.6. The van der Waals surface area contributed by atoms with E-state index in [1.807, 2.05) is 18.2 Å². The summed E-state index contributed by atoms with van der Waals surface area (Å²) in [6.45, 7) is 4.09. The number of esters is 1. The fraction of sp³-hybridized carbons (Fsp3) is 0.526. The van der Waals surface area contributed by atoms with Gasteiger partial charge in [0.05, 0.1) is 19.6 Å². The van der Waals surface area contributed by atoms with Crippen LogP contribution in [0.15, 0.2) is 24.4 Å². The van der Waals surface area contributed by atoms with Crippen LogP contribution < -0.4 is 4.74 Å². The number of fused-ring (bicyclic) bond motifs is 1. The normalized spacial score (nSPS) is 16.2. The fourth-order valence-corrected chi connectivity index (χ4v) is 3.08. The minimum atomic E-state index is -1.78. The first-order valence-corrected chi connectivity index (χ1v) is 9.04. The highest BCUT2D eigenvalue weighted by Gasteiger charge is 2.51. The summed E-state index contributed by atoms with van der Waals surface area (Å²) in [6, 6.07) is 5.66. The number of H-pyrrole nitrogens is 1. The van der Waals surface area contributed by atoms with Gasteiger partial charge in [0, 0.05) is 28.4 Å². The SMILES string of the molecule is CCOC(=O)C(CC)(Cc1c[nH]c2ccc(OCC3CC3)cc12)[N+](=O)[O-]. The van der Waals surface area contributed by atoms with Gasteiger partial charge in [-0.25, -0.2) is 4.79 Å². The number of ether oxygens (including phenoxy) is 2. The van der Waals surface area contributed by atoms with Crippen molar-refractivity contribution in [2.45, 2.75) is 45.1 Å². The quantitative estimate of drug-likeness (QED) is 0.420. The molecule has 0 saturated heterocycles. The van der Waals surface area contributed by atoms with Gasteiger partial charge in [0.1, 0.15) is 5.75 Å². The first-order chi connectivity index (χ1) is 12.5. The van der Waals surface area contributed by atoms with E-state index in [1.54, 1.807) is 20.0 Å². The van der Waals surface area contributed by atoms with Crippen molar-refractivity contribution in [2.24, 2.45) is 5.92 Å². The molecule has 1 heterocycles. The molecule has 0 bridgehead atoms. The maximum absolute atomic E-state index is 12.4. The van der Waals surface area contributed by atoms with E-state index in [4.69, 9.17) is 9.47 Å². The monoisotopic (exact) mass is 360 g/mol. The Morgan fingerprint density at radius 2 is 2.15 bits per heavy atom. The van der Waals surface area contributed by atoms with Gasteiger partial charge in [0.2, 0.25) is 0 Å². The zero-order chi connectivity index (χ0) is 18.7. The first-order valence-electron chi connectivity index (χ1n) is 9.04. The number of aromatic amines is 1. The van der Waals surface area contributed by atoms with Gasteiger partial charge in [-0.15, -0.1) is 0 Å². The van der Waals surface area contributed by atoms with Crippen molar-refractivity contribution < 1.29 is 19.2 Å². The third-order valence-electron chi connectivity index (χ3n) is 4.99. The summed E-state index contributed by atoms with van der Waals surface area (Å²) in [5.41, 5.74) is -0.213. The van der Waals surface area contributed by atoms with E-state index in [-0.39, 0.29) is 19.4 Å². The lowest BCUT2D eigenvalue weighted by Crippen LogP contribution is -2.49. The zero-order valence-electron chi connectivity index (χ0n) is 15.1. The number of nitrogens with one attached hydrogen (secondary N) is 1. The molecule has 1 atom stereocenters. The molecule has 1 aliphatic carbocycles. The predicted molar refractivity (Wildman–Crippen MR) is 96.9 cm³/mol. The van der Waals surface area contributed by atoms with Crippen LogP contribution in [0.2, 0.25) is 0 Å². The Morgan fingerprint density at radius 1 is 1.38 bits per heavy atom. The summed E-state index contributed by atoms with van der Waals surface area (Å²) in [7, 11) is 0. The molecule has 0 spiro atoms. The molecule has 1 unspecified atom stereocenters. The number of benzene rings is 1. The van der Waals surface area contributed by atoms with Crippen molar-refractivity contribution in [3.63, 3.8) is 0 Å². The number of aromatic nitrogens is 1. The number of nitro groups is 1. The van der Waals surface area contributed by atoms with E-state index >= 15 is 0 Å². The van der Waals surface area contributed by atoms with Gasteiger partial charge in [-0.2, -0.15) is 0 Å². The molecule has 1 aromatic heterocycles. The number of carbonyl (C=O) groups excluding carboxylic acids is 1. The largest absolute Gasteiger partial charge is 0.493 e. The highest BCUT2D eigenvalue weighted by molar-refractivity contribution is 5.86. The van der Waals surface area contributed by atoms with Crippen LogP contribution in [0.1, 0.15) is 38.7 Å². The molecule has 140 valence electrons. The van der Waals surface area contributed by atoms with E-state index in [0.29, 0.717) is 18.1 Å². The number of rotatable bonds is 9. The Hall–Kier alpha value is -2.57. The minimum Gasteiger partial charge on any atom is -0.493 e. The Labute approximate surface area is 151 Å². The Bertz CT molecular complexity index is 811. The molecule has 7 heteroatoms.